The first kappa shape index (κ1) is 35.7. The first-order chi connectivity index (χ1) is 24.2. The molecule has 5 heterocycles. The van der Waals surface area contributed by atoms with Crippen LogP contribution in [0.3, 0.4) is 0 Å². The molecule has 0 spiro atoms. The summed E-state index contributed by atoms with van der Waals surface area (Å²) in [6.07, 6.45) is 0. The number of pyridine rings is 4. The molecule has 0 saturated heterocycles. The molecule has 0 amide bonds. The van der Waals surface area contributed by atoms with Gasteiger partial charge in [-0.3, -0.25) is 0 Å². The van der Waals surface area contributed by atoms with Crippen molar-refractivity contribution in [3.05, 3.63) is 93.6 Å². The van der Waals surface area contributed by atoms with Gasteiger partial charge in [0.25, 0.3) is 0 Å². The highest BCUT2D eigenvalue weighted by Crippen LogP contribution is 2.24. The van der Waals surface area contributed by atoms with Gasteiger partial charge in [0.05, 0.1) is 94.2 Å². The maximum Gasteiger partial charge on any atom is 0.338 e. The molecule has 0 saturated carbocycles. The molecule has 14 heteroatoms. The number of hydrogen-bond acceptors (Lipinski definition) is 14. The normalized spacial score (nSPS) is 12.6. The van der Waals surface area contributed by atoms with Gasteiger partial charge in [0.1, 0.15) is 0 Å². The first-order valence-corrected chi connectivity index (χ1v) is 16.4. The van der Waals surface area contributed by atoms with Crippen molar-refractivity contribution < 1.29 is 38.1 Å². The van der Waals surface area contributed by atoms with Crippen molar-refractivity contribution in [1.82, 2.24) is 30.6 Å². The zero-order valence-electron chi connectivity index (χ0n) is 28.3. The molecule has 4 aromatic heterocycles. The summed E-state index contributed by atoms with van der Waals surface area (Å²) in [7, 11) is 0. The molecule has 5 rings (SSSR count). The summed E-state index contributed by atoms with van der Waals surface area (Å²) >= 11 is 0. The van der Waals surface area contributed by atoms with Crippen LogP contribution in [0.2, 0.25) is 0 Å². The number of nitrogens with one attached hydrogen (secondary N) is 2. The van der Waals surface area contributed by atoms with Gasteiger partial charge in [0.15, 0.2) is 0 Å². The van der Waals surface area contributed by atoms with E-state index in [1.54, 1.807) is 76.2 Å². The monoisotopic (exact) mass is 682 g/mol. The van der Waals surface area contributed by atoms with Gasteiger partial charge in [-0.1, -0.05) is 0 Å². The third-order valence-electron chi connectivity index (χ3n) is 7.31. The van der Waals surface area contributed by atoms with E-state index in [-0.39, 0.29) is 74.9 Å². The summed E-state index contributed by atoms with van der Waals surface area (Å²) in [4.78, 5) is 70.6. The fourth-order valence-electron chi connectivity index (χ4n) is 5.20. The van der Waals surface area contributed by atoms with E-state index in [1.807, 2.05) is 0 Å². The van der Waals surface area contributed by atoms with Crippen molar-refractivity contribution >= 4 is 23.9 Å². The Balaban J connectivity index is 1.65. The van der Waals surface area contributed by atoms with Gasteiger partial charge in [0.2, 0.25) is 0 Å². The van der Waals surface area contributed by atoms with E-state index >= 15 is 0 Å². The summed E-state index contributed by atoms with van der Waals surface area (Å²) in [6.45, 7) is 8.35. The SMILES string of the molecule is CCOC(=O)c1cc2nc(c1)-c1cc(C(=O)OCC)cc(n1)CNCc1cc(C(=O)OCC)cc(n1)-c1cc(C(=O)OCC)cc(n1)CNC2. The highest BCUT2D eigenvalue weighted by atomic mass is 16.5. The maximum atomic E-state index is 12.9. The summed E-state index contributed by atoms with van der Waals surface area (Å²) < 4.78 is 21.1. The minimum Gasteiger partial charge on any atom is -0.462 e. The second kappa shape index (κ2) is 16.7. The Morgan fingerprint density at radius 2 is 0.660 bits per heavy atom. The second-order valence-corrected chi connectivity index (χ2v) is 11.0. The molecule has 4 aromatic rings. The van der Waals surface area contributed by atoms with Crippen LogP contribution in [0.25, 0.3) is 22.8 Å². The Labute approximate surface area is 289 Å². The molecule has 0 aliphatic carbocycles. The average Bonchev–Trinajstić information content (AvgIpc) is 3.11. The molecule has 0 aromatic carbocycles. The van der Waals surface area contributed by atoms with Crippen LogP contribution < -0.4 is 10.6 Å². The van der Waals surface area contributed by atoms with Gasteiger partial charge in [-0.05, 0) is 76.2 Å². The highest BCUT2D eigenvalue weighted by Gasteiger charge is 2.20. The van der Waals surface area contributed by atoms with Gasteiger partial charge in [-0.15, -0.1) is 0 Å². The molecule has 14 nitrogen and oxygen atoms in total. The Hall–Kier alpha value is -5.60. The minimum atomic E-state index is -0.535. The fraction of sp³-hybridized carbons (Fsp3) is 0.333. The van der Waals surface area contributed by atoms with Gasteiger partial charge >= 0.3 is 23.9 Å². The molecule has 0 unspecified atom stereocenters. The molecule has 0 fully saturated rings. The van der Waals surface area contributed by atoms with Gasteiger partial charge < -0.3 is 29.6 Å². The van der Waals surface area contributed by atoms with Gasteiger partial charge in [-0.25, -0.2) is 39.1 Å². The minimum absolute atomic E-state index is 0.180. The Morgan fingerprint density at radius 3 is 0.860 bits per heavy atom. The van der Waals surface area contributed by atoms with Gasteiger partial charge in [-0.2, -0.15) is 0 Å². The van der Waals surface area contributed by atoms with Crippen molar-refractivity contribution in [3.63, 3.8) is 0 Å². The van der Waals surface area contributed by atoms with Crippen LogP contribution in [-0.2, 0) is 45.1 Å². The lowest BCUT2D eigenvalue weighted by molar-refractivity contribution is 0.0516. The van der Waals surface area contributed by atoms with Gasteiger partial charge in [0, 0.05) is 26.2 Å². The lowest BCUT2D eigenvalue weighted by Gasteiger charge is -2.14. The number of fused-ring (bicyclic) bond motifs is 10. The molecule has 50 heavy (non-hydrogen) atoms. The number of aromatic nitrogens is 4. The molecule has 1 aliphatic heterocycles. The highest BCUT2D eigenvalue weighted by molar-refractivity contribution is 5.93. The predicted molar refractivity (Wildman–Crippen MR) is 180 cm³/mol. The number of rotatable bonds is 8. The molecular weight excluding hydrogens is 644 g/mol. The Kier molecular flexibility index (Phi) is 11.9. The van der Waals surface area contributed by atoms with E-state index in [0.29, 0.717) is 45.6 Å². The number of ether oxygens (including phenoxy) is 4. The number of carbonyl (C=O) groups excluding carboxylic acids is 4. The second-order valence-electron chi connectivity index (χ2n) is 11.0. The lowest BCUT2D eigenvalue weighted by Crippen LogP contribution is -2.19. The van der Waals surface area contributed by atoms with Crippen molar-refractivity contribution in [2.45, 2.75) is 53.9 Å². The topological polar surface area (TPSA) is 181 Å². The molecule has 1 aliphatic rings. The largest absolute Gasteiger partial charge is 0.462 e. The quantitative estimate of drug-likeness (QED) is 0.199. The maximum absolute atomic E-state index is 12.9. The zero-order chi connectivity index (χ0) is 35.6. The third kappa shape index (κ3) is 8.89. The van der Waals surface area contributed by atoms with Crippen LogP contribution >= 0.6 is 0 Å². The number of carbonyl (C=O) groups is 4. The number of hydrogen-bond donors (Lipinski definition) is 2. The fourth-order valence-corrected chi connectivity index (χ4v) is 5.20. The molecular formula is C36H38N6O8. The van der Waals surface area contributed by atoms with E-state index < -0.39 is 23.9 Å². The van der Waals surface area contributed by atoms with E-state index in [1.165, 1.54) is 0 Å². The van der Waals surface area contributed by atoms with Crippen LogP contribution in [0.15, 0.2) is 48.5 Å². The Morgan fingerprint density at radius 1 is 0.440 bits per heavy atom. The summed E-state index contributed by atoms with van der Waals surface area (Å²) in [5.41, 5.74) is 4.40. The van der Waals surface area contributed by atoms with Crippen molar-refractivity contribution in [1.29, 1.82) is 0 Å². The lowest BCUT2D eigenvalue weighted by atomic mass is 10.1. The van der Waals surface area contributed by atoms with Crippen LogP contribution in [0.1, 0.15) is 91.9 Å². The van der Waals surface area contributed by atoms with E-state index in [2.05, 4.69) is 10.6 Å². The van der Waals surface area contributed by atoms with Crippen LogP contribution in [0.4, 0.5) is 0 Å². The van der Waals surface area contributed by atoms with E-state index in [0.717, 1.165) is 0 Å². The van der Waals surface area contributed by atoms with E-state index in [9.17, 15) is 19.2 Å². The summed E-state index contributed by atoms with van der Waals surface area (Å²) in [5, 5.41) is 6.56. The molecule has 2 N–H and O–H groups in total. The van der Waals surface area contributed by atoms with Crippen molar-refractivity contribution in [2.24, 2.45) is 0 Å². The Bertz CT molecular complexity index is 1640. The van der Waals surface area contributed by atoms with Crippen molar-refractivity contribution in [2.75, 3.05) is 26.4 Å². The smallest absolute Gasteiger partial charge is 0.338 e. The first-order valence-electron chi connectivity index (χ1n) is 16.4. The molecule has 0 atom stereocenters. The zero-order valence-corrected chi connectivity index (χ0v) is 28.3. The van der Waals surface area contributed by atoms with Crippen LogP contribution in [-0.4, -0.2) is 70.2 Å². The number of esters is 4. The van der Waals surface area contributed by atoms with Crippen LogP contribution in [0.5, 0.6) is 0 Å². The molecule has 0 radical (unpaired) electrons. The van der Waals surface area contributed by atoms with E-state index in [4.69, 9.17) is 38.9 Å². The average molecular weight is 683 g/mol. The molecule has 8 bridgehead atoms. The van der Waals surface area contributed by atoms with Crippen molar-refractivity contribution in [3.8, 4) is 22.8 Å². The van der Waals surface area contributed by atoms with Crippen LogP contribution in [0, 0.1) is 0 Å². The number of nitrogens with zero attached hydrogens (tertiary/aromatic N) is 4. The summed E-state index contributed by atoms with van der Waals surface area (Å²) in [6, 6.07) is 12.7. The standard InChI is InChI=1S/C36H38N6O8/c1-5-47-33(43)21-9-25-17-37-18-27-11-23(35(45)49-7-3)15-31(41-27)32-16-24(36(46)50-8-4)12-28(42-32)20-38-19-26-10-22(34(44)48-6-2)14-30(40-26)29(13-21)39-25/h9-16,37-38H,5-8,17-20H2,1-4H3. The summed E-state index contributed by atoms with van der Waals surface area (Å²) in [5.74, 6) is -2.14. The predicted octanol–water partition coefficient (Wildman–Crippen LogP) is 4.20. The third-order valence-corrected chi connectivity index (χ3v) is 7.31. The molecule has 260 valence electrons.